The normalized spacial score (nSPS) is 10.4. The van der Waals surface area contributed by atoms with Crippen LogP contribution in [0.5, 0.6) is 5.75 Å². The van der Waals surface area contributed by atoms with Crippen LogP contribution in [0.15, 0.2) is 61.2 Å². The summed E-state index contributed by atoms with van der Waals surface area (Å²) in [6.45, 7) is 2.12. The fourth-order valence-electron chi connectivity index (χ4n) is 2.50. The lowest BCUT2D eigenvalue weighted by Crippen LogP contribution is -2.36. The Morgan fingerprint density at radius 3 is 2.43 bits per heavy atom. The largest absolute Gasteiger partial charge is 0.492 e. The van der Waals surface area contributed by atoms with Gasteiger partial charge in [-0.05, 0) is 30.7 Å². The van der Waals surface area contributed by atoms with Gasteiger partial charge < -0.3 is 15.4 Å². The molecule has 0 radical (unpaired) electrons. The topological polar surface area (TPSA) is 103 Å². The zero-order chi connectivity index (χ0) is 19.6. The van der Waals surface area contributed by atoms with Crippen LogP contribution in [0.1, 0.15) is 6.42 Å². The number of aryl methyl sites for hydroxylation is 1. The Morgan fingerprint density at radius 1 is 0.964 bits per heavy atom. The molecule has 146 valence electrons. The molecule has 3 aromatic rings. The van der Waals surface area contributed by atoms with Crippen molar-refractivity contribution in [1.82, 2.24) is 24.9 Å². The average molecular weight is 382 g/mol. The quantitative estimate of drug-likeness (QED) is 0.429. The van der Waals surface area contributed by atoms with Gasteiger partial charge in [0.05, 0.1) is 6.54 Å². The number of carbonyl (C=O) groups excluding carboxylic acids is 2. The second-order valence-electron chi connectivity index (χ2n) is 5.98. The van der Waals surface area contributed by atoms with E-state index in [4.69, 9.17) is 4.74 Å². The number of nitrogens with zero attached hydrogens (tertiary/aromatic N) is 4. The zero-order valence-electron chi connectivity index (χ0n) is 15.3. The van der Waals surface area contributed by atoms with Gasteiger partial charge in [-0.15, -0.1) is 0 Å². The first-order valence-corrected chi connectivity index (χ1v) is 8.97. The fraction of sp³-hybridized carbons (Fsp3) is 0.263. The minimum atomic E-state index is -0.715. The van der Waals surface area contributed by atoms with E-state index < -0.39 is 11.8 Å². The Kier molecular flexibility index (Phi) is 6.78. The Labute approximate surface area is 162 Å². The second-order valence-corrected chi connectivity index (χ2v) is 5.98. The van der Waals surface area contributed by atoms with E-state index in [-0.39, 0.29) is 0 Å². The van der Waals surface area contributed by atoms with Crippen LogP contribution in [0, 0.1) is 0 Å². The molecule has 0 spiro atoms. The van der Waals surface area contributed by atoms with Crippen molar-refractivity contribution in [1.29, 1.82) is 0 Å². The summed E-state index contributed by atoms with van der Waals surface area (Å²) in [5.74, 6) is -0.789. The third-order valence-corrected chi connectivity index (χ3v) is 3.86. The van der Waals surface area contributed by atoms with Crippen LogP contribution in [-0.4, -0.2) is 44.5 Å². The molecule has 3 rings (SSSR count). The highest BCUT2D eigenvalue weighted by atomic mass is 16.5. The lowest BCUT2D eigenvalue weighted by Gasteiger charge is -2.10. The maximum atomic E-state index is 12.0. The molecule has 0 saturated carbocycles. The SMILES string of the molecule is O=C(NCCCn1cccn1)C(=O)Nc1cccc(OCCn2cccn2)c1. The van der Waals surface area contributed by atoms with Crippen molar-refractivity contribution in [2.45, 2.75) is 19.5 Å². The number of carbonyl (C=O) groups is 2. The van der Waals surface area contributed by atoms with Gasteiger partial charge in [-0.25, -0.2) is 0 Å². The number of aromatic nitrogens is 4. The zero-order valence-corrected chi connectivity index (χ0v) is 15.3. The standard InChI is InChI=1S/C19H22N6O3/c26-18(20-7-2-10-24-11-3-8-21-24)19(27)23-16-5-1-6-17(15-16)28-14-13-25-12-4-9-22-25/h1,3-6,8-9,11-12,15H,2,7,10,13-14H2,(H,20,26)(H,23,27). The number of nitrogens with one attached hydrogen (secondary N) is 2. The molecule has 0 atom stereocenters. The van der Waals surface area contributed by atoms with E-state index in [0.29, 0.717) is 44.1 Å². The summed E-state index contributed by atoms with van der Waals surface area (Å²) in [5, 5.41) is 13.3. The smallest absolute Gasteiger partial charge is 0.313 e. The van der Waals surface area contributed by atoms with Gasteiger partial charge in [-0.1, -0.05) is 6.07 Å². The number of rotatable bonds is 9. The van der Waals surface area contributed by atoms with Gasteiger partial charge in [0.2, 0.25) is 0 Å². The molecule has 0 bridgehead atoms. The second kappa shape index (κ2) is 9.91. The van der Waals surface area contributed by atoms with E-state index in [9.17, 15) is 9.59 Å². The molecule has 2 amide bonds. The van der Waals surface area contributed by atoms with E-state index in [0.717, 1.165) is 0 Å². The molecule has 2 N–H and O–H groups in total. The van der Waals surface area contributed by atoms with Crippen LogP contribution in [0.4, 0.5) is 5.69 Å². The molecule has 9 heteroatoms. The summed E-state index contributed by atoms with van der Waals surface area (Å²) < 4.78 is 9.19. The lowest BCUT2D eigenvalue weighted by atomic mass is 10.3. The van der Waals surface area contributed by atoms with Crippen molar-refractivity contribution in [2.24, 2.45) is 0 Å². The summed E-state index contributed by atoms with van der Waals surface area (Å²) in [5.41, 5.74) is 0.494. The van der Waals surface area contributed by atoms with Gasteiger partial charge in [0, 0.05) is 49.6 Å². The molecule has 2 aromatic heterocycles. The molecular weight excluding hydrogens is 360 g/mol. The maximum absolute atomic E-state index is 12.0. The Balaban J connectivity index is 1.39. The Bertz CT molecular complexity index is 877. The predicted octanol–water partition coefficient (Wildman–Crippen LogP) is 1.30. The number of amides is 2. The monoisotopic (exact) mass is 382 g/mol. The third-order valence-electron chi connectivity index (χ3n) is 3.86. The molecule has 28 heavy (non-hydrogen) atoms. The van der Waals surface area contributed by atoms with Crippen LogP contribution in [0.25, 0.3) is 0 Å². The van der Waals surface area contributed by atoms with Crippen molar-refractivity contribution in [3.8, 4) is 5.75 Å². The van der Waals surface area contributed by atoms with Crippen LogP contribution >= 0.6 is 0 Å². The van der Waals surface area contributed by atoms with Gasteiger partial charge in [-0.3, -0.25) is 19.0 Å². The molecule has 0 aliphatic carbocycles. The highest BCUT2D eigenvalue weighted by Gasteiger charge is 2.13. The molecule has 1 aromatic carbocycles. The summed E-state index contributed by atoms with van der Waals surface area (Å²) in [6.07, 6.45) is 7.78. The first-order valence-electron chi connectivity index (χ1n) is 8.97. The summed E-state index contributed by atoms with van der Waals surface area (Å²) in [7, 11) is 0. The van der Waals surface area contributed by atoms with E-state index in [1.54, 1.807) is 46.0 Å². The first-order chi connectivity index (χ1) is 13.7. The van der Waals surface area contributed by atoms with Crippen molar-refractivity contribution in [3.63, 3.8) is 0 Å². The van der Waals surface area contributed by atoms with Crippen LogP contribution in [0.2, 0.25) is 0 Å². The molecule has 0 unspecified atom stereocenters. The molecule has 0 aliphatic rings. The van der Waals surface area contributed by atoms with Crippen molar-refractivity contribution < 1.29 is 14.3 Å². The summed E-state index contributed by atoms with van der Waals surface area (Å²) in [4.78, 5) is 23.9. The Morgan fingerprint density at radius 2 is 1.71 bits per heavy atom. The first kappa shape index (κ1) is 19.2. The maximum Gasteiger partial charge on any atom is 0.313 e. The van der Waals surface area contributed by atoms with Crippen molar-refractivity contribution in [3.05, 3.63) is 61.2 Å². The molecule has 2 heterocycles. The van der Waals surface area contributed by atoms with E-state index in [1.807, 2.05) is 24.5 Å². The highest BCUT2D eigenvalue weighted by Crippen LogP contribution is 2.17. The van der Waals surface area contributed by atoms with Gasteiger partial charge in [0.25, 0.3) is 0 Å². The summed E-state index contributed by atoms with van der Waals surface area (Å²) in [6, 6.07) is 10.6. The molecule has 0 fully saturated rings. The number of hydrogen-bond donors (Lipinski definition) is 2. The third kappa shape index (κ3) is 5.97. The van der Waals surface area contributed by atoms with E-state index in [1.165, 1.54) is 0 Å². The number of ether oxygens (including phenoxy) is 1. The van der Waals surface area contributed by atoms with Crippen LogP contribution < -0.4 is 15.4 Å². The van der Waals surface area contributed by atoms with Gasteiger partial charge >= 0.3 is 11.8 Å². The molecule has 0 aliphatic heterocycles. The van der Waals surface area contributed by atoms with Gasteiger partial charge in [-0.2, -0.15) is 10.2 Å². The van der Waals surface area contributed by atoms with E-state index in [2.05, 4.69) is 20.8 Å². The lowest BCUT2D eigenvalue weighted by molar-refractivity contribution is -0.136. The van der Waals surface area contributed by atoms with Gasteiger partial charge in [0.1, 0.15) is 12.4 Å². The van der Waals surface area contributed by atoms with Crippen LogP contribution in [0.3, 0.4) is 0 Å². The fourth-order valence-corrected chi connectivity index (χ4v) is 2.50. The average Bonchev–Trinajstić information content (AvgIpc) is 3.39. The minimum absolute atomic E-state index is 0.392. The van der Waals surface area contributed by atoms with Crippen LogP contribution in [-0.2, 0) is 22.7 Å². The predicted molar refractivity (Wildman–Crippen MR) is 103 cm³/mol. The van der Waals surface area contributed by atoms with E-state index >= 15 is 0 Å². The number of anilines is 1. The molecule has 0 saturated heterocycles. The molecule has 9 nitrogen and oxygen atoms in total. The molecular formula is C19H22N6O3. The minimum Gasteiger partial charge on any atom is -0.492 e. The van der Waals surface area contributed by atoms with Crippen molar-refractivity contribution in [2.75, 3.05) is 18.5 Å². The van der Waals surface area contributed by atoms with Gasteiger partial charge in [0.15, 0.2) is 0 Å². The number of benzene rings is 1. The number of hydrogen-bond acceptors (Lipinski definition) is 5. The van der Waals surface area contributed by atoms with Crippen molar-refractivity contribution >= 4 is 17.5 Å². The Hall–Kier alpha value is -3.62. The highest BCUT2D eigenvalue weighted by molar-refractivity contribution is 6.39. The summed E-state index contributed by atoms with van der Waals surface area (Å²) >= 11 is 0.